The first-order valence-corrected chi connectivity index (χ1v) is 6.26. The maximum Gasteiger partial charge on any atom is 0.0682 e. The summed E-state index contributed by atoms with van der Waals surface area (Å²) in [4.78, 5) is 2.04. The van der Waals surface area contributed by atoms with Crippen molar-refractivity contribution in [1.29, 1.82) is 0 Å². The minimum atomic E-state index is 0.0248. The highest BCUT2D eigenvalue weighted by Gasteiger charge is 2.09. The summed E-state index contributed by atoms with van der Waals surface area (Å²) in [6.07, 6.45) is 0. The van der Waals surface area contributed by atoms with E-state index >= 15 is 0 Å². The van der Waals surface area contributed by atoms with Gasteiger partial charge < -0.3 is 19.8 Å². The molecule has 0 saturated heterocycles. The van der Waals surface area contributed by atoms with Crippen LogP contribution in [-0.2, 0) is 11.3 Å². The summed E-state index contributed by atoms with van der Waals surface area (Å²) in [5.74, 6) is 0. The van der Waals surface area contributed by atoms with Gasteiger partial charge in [-0.25, -0.2) is 0 Å². The number of nitrogens with zero attached hydrogens (tertiary/aromatic N) is 1. The summed E-state index contributed by atoms with van der Waals surface area (Å²) < 4.78 is 5.96. The Morgan fingerprint density at radius 3 is 2.59 bits per heavy atom. The van der Waals surface area contributed by atoms with Crippen molar-refractivity contribution in [2.75, 3.05) is 38.3 Å². The SMILES string of the molecule is COCCN(CCO)c1ccc(CO)cc1Br. The zero-order chi connectivity index (χ0) is 12.7. The fourth-order valence-corrected chi connectivity index (χ4v) is 2.26. The van der Waals surface area contributed by atoms with Crippen molar-refractivity contribution in [3.63, 3.8) is 0 Å². The molecule has 0 saturated carbocycles. The first-order valence-electron chi connectivity index (χ1n) is 5.47. The highest BCUT2D eigenvalue weighted by Crippen LogP contribution is 2.27. The van der Waals surface area contributed by atoms with Crippen molar-refractivity contribution < 1.29 is 14.9 Å². The Bertz CT molecular complexity index is 347. The number of methoxy groups -OCH3 is 1. The normalized spacial score (nSPS) is 10.6. The average molecular weight is 304 g/mol. The number of ether oxygens (including phenoxy) is 1. The van der Waals surface area contributed by atoms with Gasteiger partial charge in [0.15, 0.2) is 0 Å². The second kappa shape index (κ2) is 7.66. The Balaban J connectivity index is 2.85. The Morgan fingerprint density at radius 1 is 1.29 bits per heavy atom. The van der Waals surface area contributed by atoms with Gasteiger partial charge in [0.25, 0.3) is 0 Å². The third-order valence-electron chi connectivity index (χ3n) is 2.47. The quantitative estimate of drug-likeness (QED) is 0.799. The van der Waals surface area contributed by atoms with E-state index in [0.717, 1.165) is 15.7 Å². The van der Waals surface area contributed by atoms with Crippen LogP contribution in [0.2, 0.25) is 0 Å². The molecule has 1 aromatic rings. The molecule has 2 N–H and O–H groups in total. The second-order valence-corrected chi connectivity index (χ2v) is 4.50. The molecule has 0 fully saturated rings. The number of hydrogen-bond acceptors (Lipinski definition) is 4. The lowest BCUT2D eigenvalue weighted by Crippen LogP contribution is -2.30. The lowest BCUT2D eigenvalue weighted by molar-refractivity contribution is 0.203. The Morgan fingerprint density at radius 2 is 2.06 bits per heavy atom. The lowest BCUT2D eigenvalue weighted by atomic mass is 10.2. The number of anilines is 1. The number of rotatable bonds is 7. The highest BCUT2D eigenvalue weighted by atomic mass is 79.9. The predicted molar refractivity (Wildman–Crippen MR) is 71.2 cm³/mol. The molecule has 0 unspecified atom stereocenters. The van der Waals surface area contributed by atoms with Gasteiger partial charge in [-0.2, -0.15) is 0 Å². The lowest BCUT2D eigenvalue weighted by Gasteiger charge is -2.25. The standard InChI is InChI=1S/C12H18BrNO3/c1-17-7-5-14(4-6-15)12-3-2-10(9-16)8-11(12)13/h2-3,8,15-16H,4-7,9H2,1H3. The summed E-state index contributed by atoms with van der Waals surface area (Å²) in [6.45, 7) is 2.00. The van der Waals surface area contributed by atoms with E-state index < -0.39 is 0 Å². The van der Waals surface area contributed by atoms with E-state index in [0.29, 0.717) is 19.7 Å². The van der Waals surface area contributed by atoms with Gasteiger partial charge in [-0.3, -0.25) is 0 Å². The van der Waals surface area contributed by atoms with Crippen LogP contribution in [0.4, 0.5) is 5.69 Å². The minimum Gasteiger partial charge on any atom is -0.395 e. The van der Waals surface area contributed by atoms with E-state index in [1.807, 2.05) is 23.1 Å². The van der Waals surface area contributed by atoms with E-state index in [9.17, 15) is 0 Å². The van der Waals surface area contributed by atoms with Gasteiger partial charge in [-0.05, 0) is 33.6 Å². The topological polar surface area (TPSA) is 52.9 Å². The number of halogens is 1. The van der Waals surface area contributed by atoms with Crippen LogP contribution in [0, 0.1) is 0 Å². The fraction of sp³-hybridized carbons (Fsp3) is 0.500. The van der Waals surface area contributed by atoms with Crippen LogP contribution in [0.5, 0.6) is 0 Å². The summed E-state index contributed by atoms with van der Waals surface area (Å²) in [5, 5.41) is 18.1. The zero-order valence-corrected chi connectivity index (χ0v) is 11.5. The van der Waals surface area contributed by atoms with Crippen molar-refractivity contribution in [3.05, 3.63) is 28.2 Å². The van der Waals surface area contributed by atoms with Gasteiger partial charge in [0.2, 0.25) is 0 Å². The molecule has 0 atom stereocenters. The Kier molecular flexibility index (Phi) is 6.50. The minimum absolute atomic E-state index is 0.0248. The van der Waals surface area contributed by atoms with Gasteiger partial charge in [0, 0.05) is 24.7 Å². The number of hydrogen-bond donors (Lipinski definition) is 2. The summed E-state index contributed by atoms with van der Waals surface area (Å²) in [7, 11) is 1.65. The first-order chi connectivity index (χ1) is 8.22. The number of aliphatic hydroxyl groups is 2. The predicted octanol–water partition coefficient (Wildman–Crippen LogP) is 1.39. The maximum absolute atomic E-state index is 9.05. The molecular weight excluding hydrogens is 286 g/mol. The molecule has 0 aromatic heterocycles. The molecule has 0 heterocycles. The van der Waals surface area contributed by atoms with Crippen molar-refractivity contribution >= 4 is 21.6 Å². The zero-order valence-electron chi connectivity index (χ0n) is 9.90. The molecule has 0 aliphatic rings. The smallest absolute Gasteiger partial charge is 0.0682 e. The van der Waals surface area contributed by atoms with Crippen LogP contribution in [0.25, 0.3) is 0 Å². The largest absolute Gasteiger partial charge is 0.395 e. The summed E-state index contributed by atoms with van der Waals surface area (Å²) in [5.41, 5.74) is 1.85. The molecule has 0 aliphatic heterocycles. The average Bonchev–Trinajstić information content (AvgIpc) is 2.34. The fourth-order valence-electron chi connectivity index (χ4n) is 1.58. The van der Waals surface area contributed by atoms with Crippen molar-refractivity contribution in [3.8, 4) is 0 Å². The van der Waals surface area contributed by atoms with Crippen LogP contribution in [0.3, 0.4) is 0 Å². The van der Waals surface area contributed by atoms with E-state index in [2.05, 4.69) is 15.9 Å². The van der Waals surface area contributed by atoms with E-state index in [1.165, 1.54) is 0 Å². The van der Waals surface area contributed by atoms with Crippen molar-refractivity contribution in [2.24, 2.45) is 0 Å². The number of benzene rings is 1. The second-order valence-electron chi connectivity index (χ2n) is 3.65. The van der Waals surface area contributed by atoms with Crippen molar-refractivity contribution in [2.45, 2.75) is 6.61 Å². The van der Waals surface area contributed by atoms with Crippen LogP contribution >= 0.6 is 15.9 Å². The van der Waals surface area contributed by atoms with Gasteiger partial charge in [-0.15, -0.1) is 0 Å². The van der Waals surface area contributed by atoms with Gasteiger partial charge >= 0.3 is 0 Å². The molecule has 1 aromatic carbocycles. The van der Waals surface area contributed by atoms with E-state index in [-0.39, 0.29) is 13.2 Å². The molecule has 96 valence electrons. The summed E-state index contributed by atoms with van der Waals surface area (Å²) >= 11 is 3.48. The van der Waals surface area contributed by atoms with E-state index in [1.54, 1.807) is 7.11 Å². The Hall–Kier alpha value is -0.620. The van der Waals surface area contributed by atoms with Gasteiger partial charge in [0.1, 0.15) is 0 Å². The first kappa shape index (κ1) is 14.4. The molecule has 1 rings (SSSR count). The molecule has 0 amide bonds. The molecule has 5 heteroatoms. The maximum atomic E-state index is 9.05. The highest BCUT2D eigenvalue weighted by molar-refractivity contribution is 9.10. The molecular formula is C12H18BrNO3. The molecule has 0 radical (unpaired) electrons. The number of aliphatic hydroxyl groups excluding tert-OH is 2. The van der Waals surface area contributed by atoms with Crippen LogP contribution in [0.15, 0.2) is 22.7 Å². The van der Waals surface area contributed by atoms with Crippen LogP contribution in [0.1, 0.15) is 5.56 Å². The molecule has 0 aliphatic carbocycles. The molecule has 0 spiro atoms. The Labute approximate surface area is 110 Å². The van der Waals surface area contributed by atoms with Crippen LogP contribution in [-0.4, -0.2) is 43.6 Å². The third-order valence-corrected chi connectivity index (χ3v) is 3.11. The molecule has 0 bridgehead atoms. The van der Waals surface area contributed by atoms with E-state index in [4.69, 9.17) is 14.9 Å². The third kappa shape index (κ3) is 4.27. The summed E-state index contributed by atoms with van der Waals surface area (Å²) in [6, 6.07) is 5.69. The molecule has 4 nitrogen and oxygen atoms in total. The molecule has 17 heavy (non-hydrogen) atoms. The van der Waals surface area contributed by atoms with Gasteiger partial charge in [0.05, 0.1) is 25.5 Å². The van der Waals surface area contributed by atoms with Crippen molar-refractivity contribution in [1.82, 2.24) is 0 Å². The van der Waals surface area contributed by atoms with Gasteiger partial charge in [-0.1, -0.05) is 6.07 Å². The van der Waals surface area contributed by atoms with Crippen LogP contribution < -0.4 is 4.90 Å². The monoisotopic (exact) mass is 303 g/mol.